The van der Waals surface area contributed by atoms with Gasteiger partial charge in [-0.05, 0) is 88.1 Å². The van der Waals surface area contributed by atoms with Crippen molar-refractivity contribution in [1.82, 2.24) is 4.90 Å². The number of carboxylic acids is 1. The number of rotatable bonds is 5. The van der Waals surface area contributed by atoms with Gasteiger partial charge in [-0.25, -0.2) is 0 Å². The third kappa shape index (κ3) is 3.76. The molecule has 0 spiro atoms. The lowest BCUT2D eigenvalue weighted by Gasteiger charge is -2.63. The lowest BCUT2D eigenvalue weighted by atomic mass is 9.46. The second kappa shape index (κ2) is 8.70. The topological polar surface area (TPSA) is 59.0 Å². The van der Waals surface area contributed by atoms with Crippen LogP contribution in [0.15, 0.2) is 12.2 Å². The average Bonchev–Trinajstić information content (AvgIpc) is 3.45. The summed E-state index contributed by atoms with van der Waals surface area (Å²) in [5.41, 5.74) is 1.66. The van der Waals surface area contributed by atoms with Crippen molar-refractivity contribution in [3.8, 4) is 0 Å². The number of nitrogens with zero attached hydrogens (tertiary/aromatic N) is 1. The predicted octanol–water partition coefficient (Wildman–Crippen LogP) is 5.25. The Kier molecular flexibility index (Phi) is 6.22. The van der Waals surface area contributed by atoms with Crippen LogP contribution in [0.3, 0.4) is 0 Å². The Morgan fingerprint density at radius 1 is 1.12 bits per heavy atom. The Balaban J connectivity index is 1.30. The van der Waals surface area contributed by atoms with E-state index in [1.807, 2.05) is 0 Å². The minimum absolute atomic E-state index is 0.0115. The summed E-state index contributed by atoms with van der Waals surface area (Å²) in [6.45, 7) is 12.1. The summed E-state index contributed by atoms with van der Waals surface area (Å²) in [6, 6.07) is -0.295. The number of ether oxygens (including phenoxy) is 2. The van der Waals surface area contributed by atoms with Crippen LogP contribution in [0.1, 0.15) is 84.5 Å². The van der Waals surface area contributed by atoms with Crippen molar-refractivity contribution in [3.63, 3.8) is 0 Å². The molecule has 0 aromatic heterocycles. The van der Waals surface area contributed by atoms with Gasteiger partial charge in [-0.2, -0.15) is 0 Å². The van der Waals surface area contributed by atoms with Crippen LogP contribution >= 0.6 is 0 Å². The minimum Gasteiger partial charge on any atom is -0.480 e. The summed E-state index contributed by atoms with van der Waals surface area (Å²) in [5.74, 6) is 0.967. The molecule has 5 aliphatic rings. The first-order valence-electron chi connectivity index (χ1n) is 13.2. The molecular weight excluding hydrogens is 402 g/mol. The first kappa shape index (κ1) is 22.9. The number of carboxylic acid groups (broad SMARTS) is 1. The normalized spacial score (nSPS) is 45.6. The SMILES string of the molecule is C=C1CCC2[C@]3(C)CO[C@@H](C4CCCC4)O[C@@H]3CC[C@@]2(C)[C@@H]1CCN1CCCC1C(=O)O. The quantitative estimate of drug-likeness (QED) is 0.586. The van der Waals surface area contributed by atoms with E-state index < -0.39 is 5.97 Å². The number of likely N-dealkylation sites (tertiary alicyclic amines) is 1. The molecule has 0 bridgehead atoms. The molecule has 2 unspecified atom stereocenters. The van der Waals surface area contributed by atoms with Gasteiger partial charge in [0.2, 0.25) is 0 Å². The lowest BCUT2D eigenvalue weighted by molar-refractivity contribution is -0.316. The van der Waals surface area contributed by atoms with Gasteiger partial charge in [0.15, 0.2) is 6.29 Å². The van der Waals surface area contributed by atoms with Crippen LogP contribution in [0, 0.1) is 28.6 Å². The summed E-state index contributed by atoms with van der Waals surface area (Å²) in [5, 5.41) is 9.59. The van der Waals surface area contributed by atoms with Crippen LogP contribution in [0.4, 0.5) is 0 Å². The molecular formula is C27H43NO4. The van der Waals surface area contributed by atoms with E-state index in [-0.39, 0.29) is 23.2 Å². The molecule has 32 heavy (non-hydrogen) atoms. The summed E-state index contributed by atoms with van der Waals surface area (Å²) in [6.07, 6.45) is 12.8. The van der Waals surface area contributed by atoms with Crippen LogP contribution in [-0.4, -0.2) is 54.1 Å². The van der Waals surface area contributed by atoms with E-state index in [1.165, 1.54) is 44.1 Å². The van der Waals surface area contributed by atoms with Gasteiger partial charge < -0.3 is 14.6 Å². The van der Waals surface area contributed by atoms with Gasteiger partial charge in [0.05, 0.1) is 12.7 Å². The number of hydrogen-bond acceptors (Lipinski definition) is 4. The van der Waals surface area contributed by atoms with Crippen molar-refractivity contribution in [1.29, 1.82) is 0 Å². The summed E-state index contributed by atoms with van der Waals surface area (Å²) in [4.78, 5) is 13.9. The monoisotopic (exact) mass is 445 g/mol. The van der Waals surface area contributed by atoms with Gasteiger partial charge in [-0.3, -0.25) is 9.69 Å². The molecule has 5 rings (SSSR count). The van der Waals surface area contributed by atoms with Crippen molar-refractivity contribution in [2.24, 2.45) is 28.6 Å². The molecule has 180 valence electrons. The van der Waals surface area contributed by atoms with Gasteiger partial charge in [-0.1, -0.05) is 38.8 Å². The molecule has 0 aromatic carbocycles. The zero-order valence-electron chi connectivity index (χ0n) is 20.2. The van der Waals surface area contributed by atoms with Crippen LogP contribution in [0.25, 0.3) is 0 Å². The maximum atomic E-state index is 11.7. The fraction of sp³-hybridized carbons (Fsp3) is 0.889. The number of hydrogen-bond donors (Lipinski definition) is 1. The second-order valence-electron chi connectivity index (χ2n) is 12.0. The number of allylic oxidation sites excluding steroid dienone is 1. The smallest absolute Gasteiger partial charge is 0.320 e. The van der Waals surface area contributed by atoms with Crippen molar-refractivity contribution >= 4 is 5.97 Å². The fourth-order valence-corrected chi connectivity index (χ4v) is 8.53. The van der Waals surface area contributed by atoms with Gasteiger partial charge in [0.1, 0.15) is 6.04 Å². The second-order valence-corrected chi connectivity index (χ2v) is 12.0. The zero-order valence-corrected chi connectivity index (χ0v) is 20.2. The molecule has 2 heterocycles. The van der Waals surface area contributed by atoms with E-state index in [2.05, 4.69) is 25.3 Å². The van der Waals surface area contributed by atoms with Crippen LogP contribution in [-0.2, 0) is 14.3 Å². The highest BCUT2D eigenvalue weighted by Crippen LogP contribution is 2.63. The lowest BCUT2D eigenvalue weighted by Crippen LogP contribution is -2.62. The Hall–Kier alpha value is -0.910. The van der Waals surface area contributed by atoms with E-state index in [4.69, 9.17) is 9.47 Å². The number of aliphatic carboxylic acids is 1. The maximum Gasteiger partial charge on any atom is 0.320 e. The molecule has 0 radical (unpaired) electrons. The number of fused-ring (bicyclic) bond motifs is 3. The molecule has 5 fully saturated rings. The van der Waals surface area contributed by atoms with Crippen molar-refractivity contribution in [3.05, 3.63) is 12.2 Å². The highest BCUT2D eigenvalue weighted by Gasteiger charge is 2.60. The van der Waals surface area contributed by atoms with E-state index in [1.54, 1.807) is 0 Å². The third-order valence-corrected chi connectivity index (χ3v) is 10.3. The third-order valence-electron chi connectivity index (χ3n) is 10.3. The zero-order chi connectivity index (χ0) is 22.5. The van der Waals surface area contributed by atoms with Gasteiger partial charge in [0.25, 0.3) is 0 Å². The number of carbonyl (C=O) groups is 1. The Morgan fingerprint density at radius 3 is 2.66 bits per heavy atom. The maximum absolute atomic E-state index is 11.7. The molecule has 3 aliphatic carbocycles. The Bertz CT molecular complexity index is 733. The predicted molar refractivity (Wildman–Crippen MR) is 124 cm³/mol. The molecule has 5 nitrogen and oxygen atoms in total. The summed E-state index contributed by atoms with van der Waals surface area (Å²) >= 11 is 0. The van der Waals surface area contributed by atoms with Crippen LogP contribution in [0.5, 0.6) is 0 Å². The molecule has 0 aromatic rings. The molecule has 2 saturated heterocycles. The fourth-order valence-electron chi connectivity index (χ4n) is 8.53. The van der Waals surface area contributed by atoms with Crippen LogP contribution < -0.4 is 0 Å². The molecule has 1 N–H and O–H groups in total. The minimum atomic E-state index is -0.657. The van der Waals surface area contributed by atoms with Crippen molar-refractivity contribution in [2.45, 2.75) is 103 Å². The Labute approximate surface area is 193 Å². The van der Waals surface area contributed by atoms with Gasteiger partial charge in [0, 0.05) is 11.3 Å². The van der Waals surface area contributed by atoms with Crippen molar-refractivity contribution < 1.29 is 19.4 Å². The summed E-state index contributed by atoms with van der Waals surface area (Å²) < 4.78 is 13.2. The van der Waals surface area contributed by atoms with E-state index in [0.29, 0.717) is 23.9 Å². The molecule has 7 atom stereocenters. The van der Waals surface area contributed by atoms with E-state index in [0.717, 1.165) is 51.8 Å². The molecule has 3 saturated carbocycles. The summed E-state index contributed by atoms with van der Waals surface area (Å²) in [7, 11) is 0. The average molecular weight is 446 g/mol. The first-order chi connectivity index (χ1) is 15.3. The standard InChI is InChI=1S/C27H43NO4/c1-18-10-11-22-26(2,20(18)13-16-28-15-6-9-21(28)24(29)30)14-12-23-27(22,3)17-31-25(32-23)19-7-4-5-8-19/h19-23,25H,1,4-17H2,2-3H3,(H,29,30)/t20-,21?,22?,23-,25-,26+,27+/m1/s1. The first-order valence-corrected chi connectivity index (χ1v) is 13.2. The van der Waals surface area contributed by atoms with Crippen molar-refractivity contribution in [2.75, 3.05) is 19.7 Å². The Morgan fingerprint density at radius 2 is 1.91 bits per heavy atom. The van der Waals surface area contributed by atoms with E-state index >= 15 is 0 Å². The highest BCUT2D eigenvalue weighted by atomic mass is 16.7. The van der Waals surface area contributed by atoms with Gasteiger partial charge >= 0.3 is 5.97 Å². The highest BCUT2D eigenvalue weighted by molar-refractivity contribution is 5.73. The van der Waals surface area contributed by atoms with Crippen LogP contribution in [0.2, 0.25) is 0 Å². The largest absolute Gasteiger partial charge is 0.480 e. The molecule has 0 amide bonds. The molecule has 5 heteroatoms. The van der Waals surface area contributed by atoms with E-state index in [9.17, 15) is 9.90 Å². The van der Waals surface area contributed by atoms with Gasteiger partial charge in [-0.15, -0.1) is 0 Å². The molecule has 2 aliphatic heterocycles.